The average molecular weight is 653 g/mol. The Bertz CT molecular complexity index is 1280. The van der Waals surface area contributed by atoms with Crippen molar-refractivity contribution in [2.75, 3.05) is 32.9 Å². The van der Waals surface area contributed by atoms with Crippen molar-refractivity contribution in [2.24, 2.45) is 5.41 Å². The fourth-order valence-electron chi connectivity index (χ4n) is 4.16. The number of esters is 1. The zero-order chi connectivity index (χ0) is 34.0. The first kappa shape index (κ1) is 36.4. The highest BCUT2D eigenvalue weighted by atomic mass is 16.7. The lowest BCUT2D eigenvalue weighted by Crippen LogP contribution is -2.61. The van der Waals surface area contributed by atoms with Gasteiger partial charge in [-0.05, 0) is 32.4 Å². The van der Waals surface area contributed by atoms with Crippen molar-refractivity contribution in [1.82, 2.24) is 10.2 Å². The number of nitrogens with one attached hydrogen (secondary N) is 1. The number of carbonyl (C=O) groups is 5. The van der Waals surface area contributed by atoms with Crippen LogP contribution < -0.4 is 14.8 Å². The zero-order valence-electron chi connectivity index (χ0n) is 25.7. The summed E-state index contributed by atoms with van der Waals surface area (Å²) in [5.74, 6) is -3.02. The fraction of sp³-hybridized carbons (Fsp3) is 0.567. The minimum Gasteiger partial charge on any atom is -0.491 e. The van der Waals surface area contributed by atoms with Crippen LogP contribution in [-0.2, 0) is 44.8 Å². The molecule has 3 rings (SSSR count). The van der Waals surface area contributed by atoms with Gasteiger partial charge in [0.1, 0.15) is 43.0 Å². The maximum atomic E-state index is 12.5. The molecule has 1 aromatic carbocycles. The topological polar surface area (TPSA) is 228 Å². The third-order valence-corrected chi connectivity index (χ3v) is 7.42. The Kier molecular flexibility index (Phi) is 13.0. The second-order valence-electron chi connectivity index (χ2n) is 11.2. The predicted molar refractivity (Wildman–Crippen MR) is 155 cm³/mol. The third-order valence-electron chi connectivity index (χ3n) is 7.42. The molecule has 0 aliphatic carbocycles. The molecule has 0 aromatic heterocycles. The van der Waals surface area contributed by atoms with Gasteiger partial charge in [-0.3, -0.25) is 24.1 Å². The number of amides is 3. The van der Waals surface area contributed by atoms with Crippen LogP contribution >= 0.6 is 0 Å². The molecule has 2 aliphatic rings. The maximum Gasteiger partial charge on any atom is 0.335 e. The van der Waals surface area contributed by atoms with E-state index in [-0.39, 0.29) is 63.3 Å². The van der Waals surface area contributed by atoms with Gasteiger partial charge in [0, 0.05) is 43.3 Å². The maximum absolute atomic E-state index is 12.5. The summed E-state index contributed by atoms with van der Waals surface area (Å²) in [7, 11) is 0. The minimum absolute atomic E-state index is 0.0134. The molecule has 16 heteroatoms. The van der Waals surface area contributed by atoms with Crippen molar-refractivity contribution in [3.8, 4) is 11.5 Å². The molecule has 46 heavy (non-hydrogen) atoms. The van der Waals surface area contributed by atoms with E-state index in [9.17, 15) is 44.4 Å². The van der Waals surface area contributed by atoms with E-state index < -0.39 is 59.9 Å². The Labute approximate surface area is 264 Å². The Hall–Kier alpha value is -4.09. The Morgan fingerprint density at radius 1 is 1.00 bits per heavy atom. The summed E-state index contributed by atoms with van der Waals surface area (Å²) < 4.78 is 27.6. The van der Waals surface area contributed by atoms with Crippen molar-refractivity contribution < 1.29 is 68.1 Å². The highest BCUT2D eigenvalue weighted by Gasteiger charge is 2.48. The van der Waals surface area contributed by atoms with Crippen molar-refractivity contribution in [1.29, 1.82) is 0 Å². The number of carbonyl (C=O) groups excluding carboxylic acids is 4. The first-order chi connectivity index (χ1) is 21.7. The molecule has 0 bridgehead atoms. The van der Waals surface area contributed by atoms with Gasteiger partial charge in [-0.1, -0.05) is 6.92 Å². The molecule has 0 radical (unpaired) electrons. The van der Waals surface area contributed by atoms with E-state index >= 15 is 0 Å². The molecule has 16 nitrogen and oxygen atoms in total. The number of carboxylic acid groups (broad SMARTS) is 1. The first-order valence-electron chi connectivity index (χ1n) is 14.6. The predicted octanol–water partition coefficient (Wildman–Crippen LogP) is -0.736. The molecule has 1 saturated heterocycles. The number of aliphatic hydroxyl groups is 3. The second-order valence-corrected chi connectivity index (χ2v) is 11.2. The summed E-state index contributed by atoms with van der Waals surface area (Å²) in [6.07, 6.45) is -6.22. The van der Waals surface area contributed by atoms with Crippen LogP contribution in [0.5, 0.6) is 11.5 Å². The molecule has 5 N–H and O–H groups in total. The monoisotopic (exact) mass is 652 g/mol. The van der Waals surface area contributed by atoms with Gasteiger partial charge in [0.2, 0.25) is 12.2 Å². The van der Waals surface area contributed by atoms with Crippen LogP contribution in [0.4, 0.5) is 0 Å². The number of rotatable bonds is 17. The molecule has 1 fully saturated rings. The fourth-order valence-corrected chi connectivity index (χ4v) is 4.16. The SMILES string of the molecule is CCC(C)(C)C(=O)OCc1ccc(O[C@@H]2O[C@H](C(=O)O)[C@@H](O)[C@H](O)[C@@H]2O)cc1OCCOCCNC(=O)CCN1C(=O)C=CC1=O. The van der Waals surface area contributed by atoms with Crippen molar-refractivity contribution in [3.05, 3.63) is 35.9 Å². The summed E-state index contributed by atoms with van der Waals surface area (Å²) in [4.78, 5) is 60.0. The highest BCUT2D eigenvalue weighted by Crippen LogP contribution is 2.30. The van der Waals surface area contributed by atoms with E-state index in [1.807, 2.05) is 6.92 Å². The molecular formula is C30H40N2O14. The number of ether oxygens (including phenoxy) is 5. The summed E-state index contributed by atoms with van der Waals surface area (Å²) >= 11 is 0. The van der Waals surface area contributed by atoms with E-state index in [1.165, 1.54) is 18.2 Å². The van der Waals surface area contributed by atoms with Crippen LogP contribution in [0.2, 0.25) is 0 Å². The van der Waals surface area contributed by atoms with E-state index in [2.05, 4.69) is 5.32 Å². The van der Waals surface area contributed by atoms with E-state index in [1.54, 1.807) is 13.8 Å². The Morgan fingerprint density at radius 3 is 2.35 bits per heavy atom. The van der Waals surface area contributed by atoms with E-state index in [0.717, 1.165) is 17.1 Å². The Morgan fingerprint density at radius 2 is 1.70 bits per heavy atom. The van der Waals surface area contributed by atoms with Crippen LogP contribution in [0.3, 0.4) is 0 Å². The number of nitrogens with zero attached hydrogens (tertiary/aromatic N) is 1. The number of benzene rings is 1. The number of aliphatic hydroxyl groups excluding tert-OH is 3. The van der Waals surface area contributed by atoms with Crippen molar-refractivity contribution >= 4 is 29.7 Å². The van der Waals surface area contributed by atoms with Gasteiger partial charge in [0.15, 0.2) is 6.10 Å². The molecule has 0 spiro atoms. The summed E-state index contributed by atoms with van der Waals surface area (Å²) in [6, 6.07) is 4.36. The van der Waals surface area contributed by atoms with Gasteiger partial charge in [0.05, 0.1) is 18.6 Å². The van der Waals surface area contributed by atoms with Gasteiger partial charge in [-0.15, -0.1) is 0 Å². The first-order valence-corrected chi connectivity index (χ1v) is 14.6. The number of hydrogen-bond acceptors (Lipinski definition) is 13. The standard InChI is InChI=1S/C30H40N2O14/c1-4-30(2,3)29(41)44-16-17-5-6-18(45-28-25(38)23(36)24(37)26(46-28)27(39)40)15-19(17)43-14-13-42-12-10-31-20(33)9-11-32-21(34)7-8-22(32)35/h5-8,15,23-26,28,36-38H,4,9-14,16H2,1-3H3,(H,31,33)(H,39,40)/t23-,24-,25-,26-,28+/m0/s1. The molecule has 3 amide bonds. The number of aliphatic carboxylic acids is 1. The number of hydrogen-bond donors (Lipinski definition) is 5. The van der Waals surface area contributed by atoms with Crippen LogP contribution in [0.15, 0.2) is 30.4 Å². The van der Waals surface area contributed by atoms with Gasteiger partial charge in [-0.2, -0.15) is 0 Å². The van der Waals surface area contributed by atoms with Gasteiger partial charge in [-0.25, -0.2) is 4.79 Å². The third kappa shape index (κ3) is 9.70. The smallest absolute Gasteiger partial charge is 0.335 e. The van der Waals surface area contributed by atoms with Crippen LogP contribution in [0.25, 0.3) is 0 Å². The number of carboxylic acids is 1. The lowest BCUT2D eigenvalue weighted by Gasteiger charge is -2.38. The molecule has 254 valence electrons. The van der Waals surface area contributed by atoms with E-state index in [0.29, 0.717) is 12.0 Å². The number of imide groups is 1. The molecular weight excluding hydrogens is 612 g/mol. The second kappa shape index (κ2) is 16.5. The highest BCUT2D eigenvalue weighted by molar-refractivity contribution is 6.13. The summed E-state index contributed by atoms with van der Waals surface area (Å²) in [5, 5.41) is 42.2. The molecule has 5 atom stereocenters. The van der Waals surface area contributed by atoms with Crippen molar-refractivity contribution in [2.45, 2.75) is 70.9 Å². The molecule has 0 unspecified atom stereocenters. The lowest BCUT2D eigenvalue weighted by molar-refractivity contribution is -0.271. The zero-order valence-corrected chi connectivity index (χ0v) is 25.7. The van der Waals surface area contributed by atoms with Crippen LogP contribution in [-0.4, -0.2) is 119 Å². The van der Waals surface area contributed by atoms with Crippen LogP contribution in [0, 0.1) is 5.41 Å². The molecule has 2 aliphatic heterocycles. The summed E-state index contributed by atoms with van der Waals surface area (Å²) in [5.41, 5.74) is -0.261. The largest absolute Gasteiger partial charge is 0.491 e. The minimum atomic E-state index is -1.88. The molecule has 0 saturated carbocycles. The lowest BCUT2D eigenvalue weighted by atomic mass is 9.91. The Balaban J connectivity index is 1.55. The quantitative estimate of drug-likeness (QED) is 0.0794. The van der Waals surface area contributed by atoms with Gasteiger partial charge < -0.3 is 49.4 Å². The van der Waals surface area contributed by atoms with Gasteiger partial charge >= 0.3 is 11.9 Å². The average Bonchev–Trinajstić information content (AvgIpc) is 3.34. The van der Waals surface area contributed by atoms with E-state index in [4.69, 9.17) is 23.7 Å². The van der Waals surface area contributed by atoms with Crippen molar-refractivity contribution in [3.63, 3.8) is 0 Å². The van der Waals surface area contributed by atoms with Gasteiger partial charge in [0.25, 0.3) is 11.8 Å². The van der Waals surface area contributed by atoms with Crippen LogP contribution in [0.1, 0.15) is 39.2 Å². The molecule has 1 aromatic rings. The summed E-state index contributed by atoms with van der Waals surface area (Å²) in [6.45, 7) is 5.58. The normalized spacial score (nSPS) is 22.9. The molecule has 2 heterocycles.